The summed E-state index contributed by atoms with van der Waals surface area (Å²) in [6.45, 7) is 0.314. The second-order valence-electron chi connectivity index (χ2n) is 3.30. The number of fused-ring (bicyclic) bond motifs is 1. The minimum absolute atomic E-state index is 0.314. The molecule has 0 fully saturated rings. The average Bonchev–Trinajstić information content (AvgIpc) is 2.23. The molecule has 1 aliphatic rings. The first-order chi connectivity index (χ1) is 6.74. The van der Waals surface area contributed by atoms with Gasteiger partial charge in [0.05, 0.1) is 13.2 Å². The van der Waals surface area contributed by atoms with Crippen molar-refractivity contribution in [3.05, 3.63) is 23.8 Å². The normalized spacial score (nSPS) is 25.1. The van der Waals surface area contributed by atoms with Gasteiger partial charge in [-0.05, 0) is 6.07 Å². The number of rotatable bonds is 1. The molecule has 2 atom stereocenters. The van der Waals surface area contributed by atoms with E-state index < -0.39 is 6.10 Å². The molecule has 4 heteroatoms. The maximum Gasteiger partial charge on any atom is 0.167 e. The van der Waals surface area contributed by atoms with Crippen molar-refractivity contribution in [1.82, 2.24) is 0 Å². The van der Waals surface area contributed by atoms with Gasteiger partial charge in [-0.3, -0.25) is 0 Å². The maximum absolute atomic E-state index is 9.79. The first kappa shape index (κ1) is 9.30. The van der Waals surface area contributed by atoms with Crippen LogP contribution in [-0.4, -0.2) is 24.9 Å². The summed E-state index contributed by atoms with van der Waals surface area (Å²) >= 11 is 0. The smallest absolute Gasteiger partial charge is 0.167 e. The van der Waals surface area contributed by atoms with Crippen LogP contribution in [0.5, 0.6) is 11.5 Å². The van der Waals surface area contributed by atoms with E-state index in [1.165, 1.54) is 0 Å². The molecule has 1 aliphatic heterocycles. The summed E-state index contributed by atoms with van der Waals surface area (Å²) in [5.74, 6) is 1.23. The zero-order valence-corrected chi connectivity index (χ0v) is 7.93. The molecular weight excluding hydrogens is 182 g/mol. The number of para-hydroxylation sites is 1. The first-order valence-electron chi connectivity index (χ1n) is 4.47. The highest BCUT2D eigenvalue weighted by molar-refractivity contribution is 5.49. The van der Waals surface area contributed by atoms with Crippen molar-refractivity contribution < 1.29 is 14.6 Å². The summed E-state index contributed by atoms with van der Waals surface area (Å²) in [6, 6.07) is 5.03. The molecule has 1 aromatic rings. The van der Waals surface area contributed by atoms with Gasteiger partial charge in [0.25, 0.3) is 0 Å². The van der Waals surface area contributed by atoms with E-state index in [9.17, 15) is 5.11 Å². The van der Waals surface area contributed by atoms with E-state index in [0.717, 1.165) is 0 Å². The van der Waals surface area contributed by atoms with Gasteiger partial charge in [0.15, 0.2) is 11.5 Å². The zero-order chi connectivity index (χ0) is 10.1. The Bertz CT molecular complexity index is 340. The number of aliphatic hydroxyl groups excluding tert-OH is 1. The highest BCUT2D eigenvalue weighted by atomic mass is 16.5. The number of hydrogen-bond donors (Lipinski definition) is 2. The van der Waals surface area contributed by atoms with Crippen molar-refractivity contribution >= 4 is 0 Å². The molecule has 0 aromatic heterocycles. The minimum atomic E-state index is -0.672. The molecule has 0 radical (unpaired) electrons. The van der Waals surface area contributed by atoms with E-state index in [-0.39, 0.29) is 6.04 Å². The minimum Gasteiger partial charge on any atom is -0.493 e. The van der Waals surface area contributed by atoms with Crippen LogP contribution in [0.25, 0.3) is 0 Å². The summed E-state index contributed by atoms with van der Waals surface area (Å²) in [6.07, 6.45) is -0.672. The molecule has 2 rings (SSSR count). The highest BCUT2D eigenvalue weighted by Gasteiger charge is 2.28. The lowest BCUT2D eigenvalue weighted by Crippen LogP contribution is -2.38. The van der Waals surface area contributed by atoms with Crippen molar-refractivity contribution in [2.45, 2.75) is 12.1 Å². The number of ether oxygens (including phenoxy) is 2. The van der Waals surface area contributed by atoms with Crippen LogP contribution in [0.3, 0.4) is 0 Å². The third kappa shape index (κ3) is 1.32. The fourth-order valence-electron chi connectivity index (χ4n) is 1.58. The summed E-state index contributed by atoms with van der Waals surface area (Å²) in [5, 5.41) is 9.79. The third-order valence-electron chi connectivity index (χ3n) is 2.37. The monoisotopic (exact) mass is 195 g/mol. The van der Waals surface area contributed by atoms with Gasteiger partial charge in [0.2, 0.25) is 0 Å². The molecule has 0 unspecified atom stereocenters. The van der Waals surface area contributed by atoms with Gasteiger partial charge in [0, 0.05) is 5.56 Å². The fourth-order valence-corrected chi connectivity index (χ4v) is 1.58. The Morgan fingerprint density at radius 1 is 1.57 bits per heavy atom. The van der Waals surface area contributed by atoms with E-state index in [1.807, 2.05) is 6.07 Å². The van der Waals surface area contributed by atoms with Crippen LogP contribution in [0.1, 0.15) is 11.7 Å². The van der Waals surface area contributed by atoms with Gasteiger partial charge in [-0.15, -0.1) is 0 Å². The molecular formula is C10H13NO3. The molecule has 0 aliphatic carbocycles. The van der Waals surface area contributed by atoms with Crippen LogP contribution in [0.15, 0.2) is 18.2 Å². The van der Waals surface area contributed by atoms with Gasteiger partial charge in [-0.25, -0.2) is 0 Å². The molecule has 0 saturated carbocycles. The Kier molecular flexibility index (Phi) is 2.31. The zero-order valence-electron chi connectivity index (χ0n) is 7.93. The Labute approximate surface area is 82.2 Å². The summed E-state index contributed by atoms with van der Waals surface area (Å²) < 4.78 is 10.5. The summed E-state index contributed by atoms with van der Waals surface area (Å²) in [7, 11) is 1.57. The van der Waals surface area contributed by atoms with Crippen molar-refractivity contribution in [3.8, 4) is 11.5 Å². The molecule has 1 aromatic carbocycles. The van der Waals surface area contributed by atoms with Crippen molar-refractivity contribution in [3.63, 3.8) is 0 Å². The van der Waals surface area contributed by atoms with Crippen molar-refractivity contribution in [1.29, 1.82) is 0 Å². The maximum atomic E-state index is 9.79. The van der Waals surface area contributed by atoms with Gasteiger partial charge >= 0.3 is 0 Å². The molecule has 0 saturated heterocycles. The second-order valence-corrected chi connectivity index (χ2v) is 3.30. The molecule has 76 valence electrons. The quantitative estimate of drug-likeness (QED) is 0.682. The van der Waals surface area contributed by atoms with Crippen molar-refractivity contribution in [2.75, 3.05) is 13.7 Å². The number of hydrogen-bond acceptors (Lipinski definition) is 4. The SMILES string of the molecule is COc1cccc2c1OC[C@@H](N)[C@H]2O. The standard InChI is InChI=1S/C10H13NO3/c1-13-8-4-2-3-6-9(12)7(11)5-14-10(6)8/h2-4,7,9,12H,5,11H2,1H3/t7-,9+/m1/s1. The average molecular weight is 195 g/mol. The molecule has 1 heterocycles. The Morgan fingerprint density at radius 3 is 3.07 bits per heavy atom. The predicted molar refractivity (Wildman–Crippen MR) is 51.4 cm³/mol. The van der Waals surface area contributed by atoms with Crippen LogP contribution in [0.4, 0.5) is 0 Å². The predicted octanol–water partition coefficient (Wildman–Crippen LogP) is 0.448. The number of aliphatic hydroxyl groups is 1. The lowest BCUT2D eigenvalue weighted by Gasteiger charge is -2.28. The van der Waals surface area contributed by atoms with Crippen molar-refractivity contribution in [2.24, 2.45) is 5.73 Å². The Hall–Kier alpha value is -1.26. The molecule has 3 N–H and O–H groups in total. The number of benzene rings is 1. The van der Waals surface area contributed by atoms with Gasteiger partial charge in [0.1, 0.15) is 12.7 Å². The largest absolute Gasteiger partial charge is 0.493 e. The fraction of sp³-hybridized carbons (Fsp3) is 0.400. The highest BCUT2D eigenvalue weighted by Crippen LogP contribution is 2.38. The molecule has 4 nitrogen and oxygen atoms in total. The Balaban J connectivity index is 2.47. The second kappa shape index (κ2) is 3.48. The van der Waals surface area contributed by atoms with E-state index in [4.69, 9.17) is 15.2 Å². The van der Waals surface area contributed by atoms with E-state index >= 15 is 0 Å². The first-order valence-corrected chi connectivity index (χ1v) is 4.47. The third-order valence-corrected chi connectivity index (χ3v) is 2.37. The van der Waals surface area contributed by atoms with Gasteiger partial charge < -0.3 is 20.3 Å². The molecule has 0 spiro atoms. The van der Waals surface area contributed by atoms with E-state index in [0.29, 0.717) is 23.7 Å². The number of nitrogens with two attached hydrogens (primary N) is 1. The van der Waals surface area contributed by atoms with Crippen LogP contribution in [-0.2, 0) is 0 Å². The lowest BCUT2D eigenvalue weighted by atomic mass is 9.99. The van der Waals surface area contributed by atoms with Crippen LogP contribution in [0.2, 0.25) is 0 Å². The topological polar surface area (TPSA) is 64.7 Å². The van der Waals surface area contributed by atoms with Gasteiger partial charge in [-0.1, -0.05) is 12.1 Å². The van der Waals surface area contributed by atoms with Gasteiger partial charge in [-0.2, -0.15) is 0 Å². The van der Waals surface area contributed by atoms with Crippen LogP contribution >= 0.6 is 0 Å². The number of methoxy groups -OCH3 is 1. The van der Waals surface area contributed by atoms with Crippen LogP contribution in [0, 0.1) is 0 Å². The molecule has 0 amide bonds. The lowest BCUT2D eigenvalue weighted by molar-refractivity contribution is 0.0893. The molecule has 14 heavy (non-hydrogen) atoms. The Morgan fingerprint density at radius 2 is 2.36 bits per heavy atom. The van der Waals surface area contributed by atoms with Crippen LogP contribution < -0.4 is 15.2 Å². The summed E-state index contributed by atoms with van der Waals surface area (Å²) in [4.78, 5) is 0. The van der Waals surface area contributed by atoms with E-state index in [2.05, 4.69) is 0 Å². The summed E-state index contributed by atoms with van der Waals surface area (Å²) in [5.41, 5.74) is 6.37. The molecule has 0 bridgehead atoms. The van der Waals surface area contributed by atoms with E-state index in [1.54, 1.807) is 19.2 Å².